The number of sulfonamides is 1. The number of carbonyl (C=O) groups is 1. The molecular formula is C17H19N5O3S3. The lowest BCUT2D eigenvalue weighted by molar-refractivity contribution is 0.102. The quantitative estimate of drug-likeness (QED) is 0.692. The summed E-state index contributed by atoms with van der Waals surface area (Å²) in [4.78, 5) is 15.3. The Balaban J connectivity index is 1.46. The largest absolute Gasteiger partial charge is 0.318 e. The van der Waals surface area contributed by atoms with Gasteiger partial charge in [0.2, 0.25) is 5.13 Å². The van der Waals surface area contributed by atoms with Crippen molar-refractivity contribution in [3.8, 4) is 0 Å². The number of nitrogens with zero attached hydrogens (tertiary/aromatic N) is 4. The van der Waals surface area contributed by atoms with Crippen molar-refractivity contribution < 1.29 is 13.2 Å². The molecule has 1 N–H and O–H groups in total. The van der Waals surface area contributed by atoms with Gasteiger partial charge in [-0.1, -0.05) is 31.1 Å². The molecule has 0 unspecified atom stereocenters. The van der Waals surface area contributed by atoms with Crippen molar-refractivity contribution >= 4 is 55.0 Å². The van der Waals surface area contributed by atoms with Gasteiger partial charge >= 0.3 is 0 Å². The molecule has 0 saturated heterocycles. The minimum atomic E-state index is -3.40. The number of fused-ring (bicyclic) bond motifs is 3. The summed E-state index contributed by atoms with van der Waals surface area (Å²) < 4.78 is 27.2. The van der Waals surface area contributed by atoms with Crippen LogP contribution in [0, 0.1) is 0 Å². The fraction of sp³-hybridized carbons (Fsp3) is 0.412. The minimum Gasteiger partial charge on any atom is -0.318 e. The van der Waals surface area contributed by atoms with Crippen LogP contribution in [0.3, 0.4) is 0 Å². The average Bonchev–Trinajstić information content (AvgIpc) is 3.23. The Labute approximate surface area is 171 Å². The standard InChI is InChI=1S/C17H19N5O3S3/c1-2-3-4-5-14-19-20-16(27-14)18-15(23)11-6-7-12-13(10-11)26-17-21-28(24,25)9-8-22(12)17/h6-7,10H,2-5,8-9H2,1H3,(H,18,20,23). The van der Waals surface area contributed by atoms with Crippen LogP contribution in [0.15, 0.2) is 27.5 Å². The number of aryl methyl sites for hydroxylation is 1. The zero-order valence-corrected chi connectivity index (χ0v) is 17.7. The Morgan fingerprint density at radius 3 is 2.96 bits per heavy atom. The number of nitrogens with one attached hydrogen (secondary N) is 1. The lowest BCUT2D eigenvalue weighted by Crippen LogP contribution is -2.35. The van der Waals surface area contributed by atoms with Gasteiger partial charge in [-0.05, 0) is 36.4 Å². The van der Waals surface area contributed by atoms with E-state index in [1.165, 1.54) is 23.1 Å². The molecule has 0 aliphatic carbocycles. The van der Waals surface area contributed by atoms with Crippen LogP contribution in [0.2, 0.25) is 0 Å². The number of thioether (sulfide) groups is 1. The number of amidine groups is 1. The van der Waals surface area contributed by atoms with Gasteiger partial charge in [0.1, 0.15) is 5.01 Å². The SMILES string of the molecule is CCCCCc1nnc(NC(=O)c2ccc3c(c2)SC2=NS(=O)(=O)CCN23)s1. The monoisotopic (exact) mass is 437 g/mol. The number of rotatable bonds is 6. The van der Waals surface area contributed by atoms with Gasteiger partial charge in [0, 0.05) is 23.4 Å². The maximum Gasteiger partial charge on any atom is 0.257 e. The van der Waals surface area contributed by atoms with Crippen LogP contribution in [-0.2, 0) is 16.4 Å². The average molecular weight is 438 g/mol. The summed E-state index contributed by atoms with van der Waals surface area (Å²) in [6.07, 6.45) is 4.24. The predicted octanol–water partition coefficient (Wildman–Crippen LogP) is 3.13. The summed E-state index contributed by atoms with van der Waals surface area (Å²) in [7, 11) is -3.40. The van der Waals surface area contributed by atoms with E-state index in [-0.39, 0.29) is 11.7 Å². The van der Waals surface area contributed by atoms with Gasteiger partial charge in [-0.25, -0.2) is 8.42 Å². The van der Waals surface area contributed by atoms with Crippen LogP contribution >= 0.6 is 23.1 Å². The summed E-state index contributed by atoms with van der Waals surface area (Å²) >= 11 is 2.66. The molecule has 28 heavy (non-hydrogen) atoms. The number of anilines is 2. The number of aromatic nitrogens is 2. The van der Waals surface area contributed by atoms with E-state index in [2.05, 4.69) is 26.8 Å². The summed E-state index contributed by atoms with van der Waals surface area (Å²) in [6.45, 7) is 2.52. The van der Waals surface area contributed by atoms with Crippen molar-refractivity contribution in [3.63, 3.8) is 0 Å². The summed E-state index contributed by atoms with van der Waals surface area (Å²) in [5.41, 5.74) is 1.36. The van der Waals surface area contributed by atoms with E-state index in [1.807, 2.05) is 11.0 Å². The highest BCUT2D eigenvalue weighted by Gasteiger charge is 2.33. The van der Waals surface area contributed by atoms with Crippen LogP contribution in [0.4, 0.5) is 10.8 Å². The Bertz CT molecular complexity index is 1050. The molecule has 1 aromatic carbocycles. The third-order valence-electron chi connectivity index (χ3n) is 4.42. The summed E-state index contributed by atoms with van der Waals surface area (Å²) in [6, 6.07) is 5.31. The molecule has 0 bridgehead atoms. The molecule has 2 aliphatic rings. The van der Waals surface area contributed by atoms with E-state index in [9.17, 15) is 13.2 Å². The second-order valence-electron chi connectivity index (χ2n) is 6.51. The van der Waals surface area contributed by atoms with Crippen LogP contribution in [0.25, 0.3) is 0 Å². The van der Waals surface area contributed by atoms with Gasteiger partial charge in [-0.15, -0.1) is 14.6 Å². The Kier molecular flexibility index (Phi) is 5.39. The zero-order valence-electron chi connectivity index (χ0n) is 15.2. The number of amides is 1. The van der Waals surface area contributed by atoms with E-state index >= 15 is 0 Å². The first-order valence-corrected chi connectivity index (χ1v) is 12.3. The van der Waals surface area contributed by atoms with Gasteiger partial charge in [0.15, 0.2) is 5.17 Å². The Morgan fingerprint density at radius 2 is 2.14 bits per heavy atom. The molecule has 0 fully saturated rings. The Morgan fingerprint density at radius 1 is 1.29 bits per heavy atom. The Hall–Kier alpha value is -1.98. The molecule has 3 heterocycles. The van der Waals surface area contributed by atoms with E-state index in [1.54, 1.807) is 12.1 Å². The molecule has 11 heteroatoms. The second-order valence-corrected chi connectivity index (χ2v) is 10.3. The lowest BCUT2D eigenvalue weighted by Gasteiger charge is -2.22. The molecule has 0 saturated carbocycles. The fourth-order valence-electron chi connectivity index (χ4n) is 2.97. The smallest absolute Gasteiger partial charge is 0.257 e. The van der Waals surface area contributed by atoms with Gasteiger partial charge in [0.25, 0.3) is 15.9 Å². The van der Waals surface area contributed by atoms with Crippen molar-refractivity contribution in [1.29, 1.82) is 0 Å². The van der Waals surface area contributed by atoms with Crippen molar-refractivity contribution in [1.82, 2.24) is 10.2 Å². The molecule has 8 nitrogen and oxygen atoms in total. The first kappa shape index (κ1) is 19.3. The molecule has 0 radical (unpaired) electrons. The molecule has 2 aromatic rings. The van der Waals surface area contributed by atoms with Crippen LogP contribution in [0.1, 0.15) is 41.6 Å². The molecule has 4 rings (SSSR count). The maximum absolute atomic E-state index is 12.6. The topological polar surface area (TPSA) is 105 Å². The van der Waals surface area contributed by atoms with Crippen molar-refractivity contribution in [2.45, 2.75) is 37.5 Å². The first-order valence-electron chi connectivity index (χ1n) is 9.01. The molecule has 0 atom stereocenters. The van der Waals surface area contributed by atoms with Gasteiger partial charge in [-0.3, -0.25) is 10.1 Å². The highest BCUT2D eigenvalue weighted by Crippen LogP contribution is 2.42. The maximum atomic E-state index is 12.6. The van der Waals surface area contributed by atoms with Crippen molar-refractivity contribution in [2.75, 3.05) is 22.5 Å². The third kappa shape index (κ3) is 4.06. The van der Waals surface area contributed by atoms with Gasteiger partial charge < -0.3 is 4.90 Å². The number of unbranched alkanes of at least 4 members (excludes halogenated alkanes) is 2. The zero-order chi connectivity index (χ0) is 19.7. The fourth-order valence-corrected chi connectivity index (χ4v) is 6.05. The first-order chi connectivity index (χ1) is 13.4. The van der Waals surface area contributed by atoms with E-state index in [4.69, 9.17) is 0 Å². The van der Waals surface area contributed by atoms with E-state index in [0.29, 0.717) is 22.4 Å². The van der Waals surface area contributed by atoms with Gasteiger partial charge in [0.05, 0.1) is 11.4 Å². The highest BCUT2D eigenvalue weighted by molar-refractivity contribution is 8.15. The third-order valence-corrected chi connectivity index (χ3v) is 7.62. The lowest BCUT2D eigenvalue weighted by atomic mass is 10.2. The second kappa shape index (κ2) is 7.80. The summed E-state index contributed by atoms with van der Waals surface area (Å²) in [5, 5.41) is 12.8. The van der Waals surface area contributed by atoms with Gasteiger partial charge in [-0.2, -0.15) is 0 Å². The molecule has 0 spiro atoms. The summed E-state index contributed by atoms with van der Waals surface area (Å²) in [5.74, 6) is -0.268. The van der Waals surface area contributed by atoms with Crippen molar-refractivity contribution in [3.05, 3.63) is 28.8 Å². The highest BCUT2D eigenvalue weighted by atomic mass is 32.2. The van der Waals surface area contributed by atoms with E-state index in [0.717, 1.165) is 41.3 Å². The van der Waals surface area contributed by atoms with Crippen molar-refractivity contribution in [2.24, 2.45) is 4.40 Å². The minimum absolute atomic E-state index is 0.00360. The predicted molar refractivity (Wildman–Crippen MR) is 112 cm³/mol. The number of benzene rings is 1. The van der Waals surface area contributed by atoms with E-state index < -0.39 is 10.0 Å². The molecular weight excluding hydrogens is 418 g/mol. The van der Waals surface area contributed by atoms with Crippen LogP contribution < -0.4 is 10.2 Å². The van der Waals surface area contributed by atoms with Crippen LogP contribution in [-0.4, -0.2) is 42.0 Å². The number of hydrogen-bond donors (Lipinski definition) is 1. The molecule has 2 aliphatic heterocycles. The van der Waals surface area contributed by atoms with Crippen LogP contribution in [0.5, 0.6) is 0 Å². The number of carbonyl (C=O) groups excluding carboxylic acids is 1. The molecule has 148 valence electrons. The number of hydrogen-bond acceptors (Lipinski definition) is 8. The molecule has 1 amide bonds. The normalized spacial score (nSPS) is 17.0. The molecule has 1 aromatic heterocycles.